The summed E-state index contributed by atoms with van der Waals surface area (Å²) in [6.07, 6.45) is 0. The van der Waals surface area contributed by atoms with Crippen molar-refractivity contribution >= 4 is 17.2 Å². The second-order valence-corrected chi connectivity index (χ2v) is 4.72. The zero-order chi connectivity index (χ0) is 13.0. The fourth-order valence-corrected chi connectivity index (χ4v) is 2.01. The molecular weight excluding hydrogens is 250 g/mol. The van der Waals surface area contributed by atoms with Gasteiger partial charge in [0.15, 0.2) is 5.84 Å². The lowest BCUT2D eigenvalue weighted by Gasteiger charge is -2.05. The summed E-state index contributed by atoms with van der Waals surface area (Å²) in [6.45, 7) is 2.40. The van der Waals surface area contributed by atoms with E-state index in [1.54, 1.807) is 35.6 Å². The molecule has 94 valence electrons. The summed E-state index contributed by atoms with van der Waals surface area (Å²) in [7, 11) is 0. The number of nitrogens with zero attached hydrogens (tertiary/aromatic N) is 2. The maximum Gasteiger partial charge on any atom is 0.170 e. The van der Waals surface area contributed by atoms with E-state index in [9.17, 15) is 0 Å². The van der Waals surface area contributed by atoms with Crippen molar-refractivity contribution in [2.24, 2.45) is 10.9 Å². The first-order valence-corrected chi connectivity index (χ1v) is 6.19. The van der Waals surface area contributed by atoms with E-state index >= 15 is 0 Å². The number of rotatable bonds is 4. The van der Waals surface area contributed by atoms with Crippen LogP contribution in [0.2, 0.25) is 0 Å². The standard InChI is InChI=1S/C12H13N3O2S/c1-8-14-10(7-18-8)6-17-11-4-2-9(3-5-11)12(13)15-16/h2-5,7,16H,6H2,1H3,(H2,13,15). The van der Waals surface area contributed by atoms with Crippen LogP contribution in [-0.4, -0.2) is 16.0 Å². The first-order chi connectivity index (χ1) is 8.69. The molecule has 0 saturated carbocycles. The van der Waals surface area contributed by atoms with E-state index in [0.717, 1.165) is 16.5 Å². The molecule has 0 amide bonds. The Balaban J connectivity index is 1.98. The Morgan fingerprint density at radius 3 is 2.72 bits per heavy atom. The van der Waals surface area contributed by atoms with Gasteiger partial charge in [-0.3, -0.25) is 0 Å². The van der Waals surface area contributed by atoms with Gasteiger partial charge < -0.3 is 15.7 Å². The highest BCUT2D eigenvalue weighted by Gasteiger charge is 2.02. The normalized spacial score (nSPS) is 11.5. The van der Waals surface area contributed by atoms with Crippen LogP contribution < -0.4 is 10.5 Å². The molecule has 1 aromatic heterocycles. The molecule has 0 bridgehead atoms. The smallest absolute Gasteiger partial charge is 0.170 e. The van der Waals surface area contributed by atoms with Crippen LogP contribution in [0.1, 0.15) is 16.3 Å². The summed E-state index contributed by atoms with van der Waals surface area (Å²) in [5.41, 5.74) is 7.03. The van der Waals surface area contributed by atoms with Crippen LogP contribution >= 0.6 is 11.3 Å². The lowest BCUT2D eigenvalue weighted by molar-refractivity contribution is 0.302. The Morgan fingerprint density at radius 2 is 2.17 bits per heavy atom. The van der Waals surface area contributed by atoms with Crippen molar-refractivity contribution in [2.75, 3.05) is 0 Å². The number of thiazole rings is 1. The molecule has 0 aliphatic carbocycles. The number of oxime groups is 1. The number of aryl methyl sites for hydroxylation is 1. The Bertz CT molecular complexity index is 549. The molecule has 1 aromatic carbocycles. The summed E-state index contributed by atoms with van der Waals surface area (Å²) >= 11 is 1.60. The van der Waals surface area contributed by atoms with Gasteiger partial charge in [-0.1, -0.05) is 5.16 Å². The summed E-state index contributed by atoms with van der Waals surface area (Å²) in [5.74, 6) is 0.798. The van der Waals surface area contributed by atoms with Gasteiger partial charge in [-0.2, -0.15) is 0 Å². The maximum absolute atomic E-state index is 8.54. The topological polar surface area (TPSA) is 80.7 Å². The molecule has 6 heteroatoms. The van der Waals surface area contributed by atoms with E-state index in [2.05, 4.69) is 10.1 Å². The van der Waals surface area contributed by atoms with Crippen molar-refractivity contribution in [3.05, 3.63) is 45.9 Å². The number of hydrogen-bond acceptors (Lipinski definition) is 5. The van der Waals surface area contributed by atoms with Gasteiger partial charge in [-0.05, 0) is 31.2 Å². The molecule has 0 atom stereocenters. The second-order valence-electron chi connectivity index (χ2n) is 3.66. The predicted molar refractivity (Wildman–Crippen MR) is 70.1 cm³/mol. The molecule has 0 aliphatic heterocycles. The lowest BCUT2D eigenvalue weighted by Crippen LogP contribution is -2.12. The van der Waals surface area contributed by atoms with Crippen molar-refractivity contribution < 1.29 is 9.94 Å². The number of aromatic nitrogens is 1. The quantitative estimate of drug-likeness (QED) is 0.383. The highest BCUT2D eigenvalue weighted by atomic mass is 32.1. The minimum atomic E-state index is 0.0803. The average molecular weight is 263 g/mol. The summed E-state index contributed by atoms with van der Waals surface area (Å²) in [6, 6.07) is 7.01. The Labute approximate surface area is 109 Å². The van der Waals surface area contributed by atoms with E-state index in [1.807, 2.05) is 12.3 Å². The van der Waals surface area contributed by atoms with Gasteiger partial charge in [0.25, 0.3) is 0 Å². The Morgan fingerprint density at radius 1 is 1.44 bits per heavy atom. The third-order valence-corrected chi connectivity index (χ3v) is 3.13. The van der Waals surface area contributed by atoms with Crippen LogP contribution in [0.4, 0.5) is 0 Å². The molecule has 0 radical (unpaired) electrons. The molecule has 2 aromatic rings. The highest BCUT2D eigenvalue weighted by Crippen LogP contribution is 2.15. The molecule has 0 spiro atoms. The van der Waals surface area contributed by atoms with Crippen LogP contribution in [-0.2, 0) is 6.61 Å². The minimum Gasteiger partial charge on any atom is -0.487 e. The number of nitrogens with two attached hydrogens (primary N) is 1. The van der Waals surface area contributed by atoms with Gasteiger partial charge in [-0.15, -0.1) is 11.3 Å². The van der Waals surface area contributed by atoms with Crippen molar-refractivity contribution in [3.63, 3.8) is 0 Å². The molecular formula is C12H13N3O2S. The van der Waals surface area contributed by atoms with Gasteiger partial charge >= 0.3 is 0 Å². The molecule has 0 saturated heterocycles. The summed E-state index contributed by atoms with van der Waals surface area (Å²) in [5, 5.41) is 14.5. The third-order valence-electron chi connectivity index (χ3n) is 2.31. The third kappa shape index (κ3) is 2.98. The van der Waals surface area contributed by atoms with Crippen molar-refractivity contribution in [3.8, 4) is 5.75 Å². The van der Waals surface area contributed by atoms with Crippen LogP contribution in [0.15, 0.2) is 34.8 Å². The summed E-state index contributed by atoms with van der Waals surface area (Å²) < 4.78 is 5.57. The molecule has 5 nitrogen and oxygen atoms in total. The number of benzene rings is 1. The van der Waals surface area contributed by atoms with E-state index in [0.29, 0.717) is 12.2 Å². The minimum absolute atomic E-state index is 0.0803. The first kappa shape index (κ1) is 12.4. The fourth-order valence-electron chi connectivity index (χ4n) is 1.41. The van der Waals surface area contributed by atoms with Crippen LogP contribution in [0, 0.1) is 6.92 Å². The zero-order valence-electron chi connectivity index (χ0n) is 9.83. The molecule has 0 aliphatic rings. The number of amidine groups is 1. The van der Waals surface area contributed by atoms with E-state index < -0.39 is 0 Å². The molecule has 3 N–H and O–H groups in total. The molecule has 2 rings (SSSR count). The molecule has 18 heavy (non-hydrogen) atoms. The largest absolute Gasteiger partial charge is 0.487 e. The van der Waals surface area contributed by atoms with E-state index in [-0.39, 0.29) is 5.84 Å². The first-order valence-electron chi connectivity index (χ1n) is 5.31. The van der Waals surface area contributed by atoms with E-state index in [4.69, 9.17) is 15.7 Å². The van der Waals surface area contributed by atoms with Crippen LogP contribution in [0.25, 0.3) is 0 Å². The highest BCUT2D eigenvalue weighted by molar-refractivity contribution is 7.09. The fraction of sp³-hybridized carbons (Fsp3) is 0.167. The Kier molecular flexibility index (Phi) is 3.78. The van der Waals surface area contributed by atoms with Gasteiger partial charge in [0.1, 0.15) is 12.4 Å². The zero-order valence-corrected chi connectivity index (χ0v) is 10.6. The van der Waals surface area contributed by atoms with Gasteiger partial charge in [-0.25, -0.2) is 4.98 Å². The lowest BCUT2D eigenvalue weighted by atomic mass is 10.2. The molecule has 0 fully saturated rings. The van der Waals surface area contributed by atoms with Gasteiger partial charge in [0, 0.05) is 10.9 Å². The predicted octanol–water partition coefficient (Wildman–Crippen LogP) is 2.13. The number of hydrogen-bond donors (Lipinski definition) is 2. The number of ether oxygens (including phenoxy) is 1. The van der Waals surface area contributed by atoms with Crippen LogP contribution in [0.5, 0.6) is 5.75 Å². The van der Waals surface area contributed by atoms with Crippen molar-refractivity contribution in [1.82, 2.24) is 4.98 Å². The summed E-state index contributed by atoms with van der Waals surface area (Å²) in [4.78, 5) is 4.31. The second kappa shape index (κ2) is 5.50. The van der Waals surface area contributed by atoms with Crippen LogP contribution in [0.3, 0.4) is 0 Å². The Hall–Kier alpha value is -2.08. The molecule has 1 heterocycles. The SMILES string of the molecule is Cc1nc(COc2ccc(C(N)=NO)cc2)cs1. The van der Waals surface area contributed by atoms with Crippen molar-refractivity contribution in [1.29, 1.82) is 0 Å². The maximum atomic E-state index is 8.54. The molecule has 0 unspecified atom stereocenters. The van der Waals surface area contributed by atoms with Gasteiger partial charge in [0.05, 0.1) is 10.7 Å². The van der Waals surface area contributed by atoms with E-state index in [1.165, 1.54) is 0 Å². The monoisotopic (exact) mass is 263 g/mol. The van der Waals surface area contributed by atoms with Crippen molar-refractivity contribution in [2.45, 2.75) is 13.5 Å². The van der Waals surface area contributed by atoms with Gasteiger partial charge in [0.2, 0.25) is 0 Å². The average Bonchev–Trinajstić information content (AvgIpc) is 2.82.